The highest BCUT2D eigenvalue weighted by Gasteiger charge is 2.18. The molecule has 7 nitrogen and oxygen atoms in total. The fourth-order valence-electron chi connectivity index (χ4n) is 4.73. The van der Waals surface area contributed by atoms with Crippen LogP contribution in [0.1, 0.15) is 35.2 Å². The average Bonchev–Trinajstić information content (AvgIpc) is 3.34. The molecule has 5 rings (SSSR count). The number of hydrogen-bond donors (Lipinski definition) is 1. The van der Waals surface area contributed by atoms with Gasteiger partial charge in [-0.05, 0) is 75.1 Å². The predicted molar refractivity (Wildman–Crippen MR) is 130 cm³/mol. The summed E-state index contributed by atoms with van der Waals surface area (Å²) in [4.78, 5) is 28.5. The lowest BCUT2D eigenvalue weighted by atomic mass is 9.94. The number of aromatic nitrogens is 3. The lowest BCUT2D eigenvalue weighted by Gasteiger charge is -2.28. The van der Waals surface area contributed by atoms with Gasteiger partial charge in [-0.15, -0.1) is 0 Å². The van der Waals surface area contributed by atoms with Crippen molar-refractivity contribution in [2.45, 2.75) is 25.8 Å². The molecule has 2 aromatic heterocycles. The van der Waals surface area contributed by atoms with Gasteiger partial charge >= 0.3 is 0 Å². The Labute approximate surface area is 192 Å². The van der Waals surface area contributed by atoms with E-state index in [0.717, 1.165) is 30.6 Å². The number of benzene rings is 2. The fraction of sp³-hybridized carbons (Fsp3) is 0.346. The van der Waals surface area contributed by atoms with Crippen LogP contribution in [0.2, 0.25) is 0 Å². The monoisotopic (exact) mass is 443 g/mol. The van der Waals surface area contributed by atoms with Crippen molar-refractivity contribution in [1.29, 1.82) is 0 Å². The highest BCUT2D eigenvalue weighted by atomic mass is 16.1. The first-order valence-electron chi connectivity index (χ1n) is 11.6. The summed E-state index contributed by atoms with van der Waals surface area (Å²) < 4.78 is 3.39. The largest absolute Gasteiger partial charge is 0.352 e. The van der Waals surface area contributed by atoms with Crippen molar-refractivity contribution in [1.82, 2.24) is 24.4 Å². The molecule has 0 atom stereocenters. The van der Waals surface area contributed by atoms with Gasteiger partial charge in [0.05, 0.1) is 23.8 Å². The van der Waals surface area contributed by atoms with Crippen LogP contribution in [0.15, 0.2) is 65.6 Å². The number of fused-ring (bicyclic) bond motifs is 3. The molecule has 0 spiro atoms. The molecule has 0 aliphatic carbocycles. The summed E-state index contributed by atoms with van der Waals surface area (Å²) in [7, 11) is 2.16. The van der Waals surface area contributed by atoms with E-state index in [1.807, 2.05) is 48.5 Å². The van der Waals surface area contributed by atoms with Gasteiger partial charge in [0.15, 0.2) is 0 Å². The number of carbonyl (C=O) groups is 1. The molecule has 1 amide bonds. The van der Waals surface area contributed by atoms with E-state index in [2.05, 4.69) is 22.4 Å². The van der Waals surface area contributed by atoms with E-state index < -0.39 is 0 Å². The van der Waals surface area contributed by atoms with Gasteiger partial charge in [0.1, 0.15) is 5.52 Å². The zero-order valence-corrected chi connectivity index (χ0v) is 18.9. The van der Waals surface area contributed by atoms with Crippen molar-refractivity contribution in [3.05, 3.63) is 82.3 Å². The quantitative estimate of drug-likeness (QED) is 0.497. The molecule has 1 aliphatic rings. The van der Waals surface area contributed by atoms with Crippen LogP contribution in [0.4, 0.5) is 0 Å². The minimum absolute atomic E-state index is 0.107. The highest BCUT2D eigenvalue weighted by molar-refractivity contribution is 5.97. The van der Waals surface area contributed by atoms with Gasteiger partial charge in [-0.25, -0.2) is 4.52 Å². The zero-order chi connectivity index (χ0) is 22.8. The van der Waals surface area contributed by atoms with Crippen molar-refractivity contribution in [3.63, 3.8) is 0 Å². The van der Waals surface area contributed by atoms with Crippen molar-refractivity contribution in [2.24, 2.45) is 5.92 Å². The Balaban J connectivity index is 1.42. The van der Waals surface area contributed by atoms with Gasteiger partial charge in [0.25, 0.3) is 11.5 Å². The third-order valence-corrected chi connectivity index (χ3v) is 6.72. The van der Waals surface area contributed by atoms with Crippen LogP contribution in [0.5, 0.6) is 0 Å². The Kier molecular flexibility index (Phi) is 5.96. The van der Waals surface area contributed by atoms with E-state index in [9.17, 15) is 9.59 Å². The third-order valence-electron chi connectivity index (χ3n) is 6.72. The van der Waals surface area contributed by atoms with Crippen LogP contribution >= 0.6 is 0 Å². The van der Waals surface area contributed by atoms with Crippen molar-refractivity contribution in [2.75, 3.05) is 26.7 Å². The van der Waals surface area contributed by atoms with Gasteiger partial charge in [0, 0.05) is 12.1 Å². The summed E-state index contributed by atoms with van der Waals surface area (Å²) >= 11 is 0. The molecule has 33 heavy (non-hydrogen) atoms. The number of amides is 1. The maximum absolute atomic E-state index is 13.3. The molecule has 1 N–H and O–H groups in total. The second-order valence-corrected chi connectivity index (χ2v) is 9.00. The number of nitrogens with zero attached hydrogens (tertiary/aromatic N) is 4. The lowest BCUT2D eigenvalue weighted by Crippen LogP contribution is -2.32. The number of piperidine rings is 1. The van der Waals surface area contributed by atoms with Crippen LogP contribution in [0.3, 0.4) is 0 Å². The van der Waals surface area contributed by atoms with E-state index in [1.165, 1.54) is 12.8 Å². The normalized spacial score (nSPS) is 15.3. The maximum atomic E-state index is 13.3. The highest BCUT2D eigenvalue weighted by Crippen LogP contribution is 2.20. The number of likely N-dealkylation sites (tertiary alicyclic amines) is 1. The smallest absolute Gasteiger partial charge is 0.277 e. The third kappa shape index (κ3) is 4.41. The minimum Gasteiger partial charge on any atom is -0.352 e. The van der Waals surface area contributed by atoms with E-state index in [-0.39, 0.29) is 11.5 Å². The van der Waals surface area contributed by atoms with Gasteiger partial charge in [0.2, 0.25) is 0 Å². The molecule has 1 saturated heterocycles. The van der Waals surface area contributed by atoms with Crippen LogP contribution in [0, 0.1) is 5.92 Å². The van der Waals surface area contributed by atoms with Crippen molar-refractivity contribution < 1.29 is 4.79 Å². The Bertz CT molecular complexity index is 1330. The molecule has 7 heteroatoms. The summed E-state index contributed by atoms with van der Waals surface area (Å²) in [5.41, 5.74) is 3.48. The predicted octanol–water partition coefficient (Wildman–Crippen LogP) is 3.16. The van der Waals surface area contributed by atoms with Crippen LogP contribution < -0.4 is 10.9 Å². The Morgan fingerprint density at radius 2 is 1.82 bits per heavy atom. The summed E-state index contributed by atoms with van der Waals surface area (Å²) in [6.07, 6.45) is 5.01. The molecule has 3 heterocycles. The summed E-state index contributed by atoms with van der Waals surface area (Å²) in [5.74, 6) is 0.561. The molecular weight excluding hydrogens is 414 g/mol. The topological polar surface area (TPSA) is 71.6 Å². The molecule has 1 fully saturated rings. The first kappa shape index (κ1) is 21.4. The van der Waals surface area contributed by atoms with E-state index >= 15 is 0 Å². The summed E-state index contributed by atoms with van der Waals surface area (Å²) in [6, 6.07) is 17.1. The van der Waals surface area contributed by atoms with Crippen LogP contribution in [-0.2, 0) is 6.54 Å². The molecule has 170 valence electrons. The Hall–Kier alpha value is -3.45. The maximum Gasteiger partial charge on any atom is 0.277 e. The minimum atomic E-state index is -0.122. The van der Waals surface area contributed by atoms with E-state index in [0.29, 0.717) is 35.6 Å². The van der Waals surface area contributed by atoms with Gasteiger partial charge in [-0.3, -0.25) is 9.59 Å². The number of hydrogen-bond acceptors (Lipinski definition) is 4. The van der Waals surface area contributed by atoms with Gasteiger partial charge in [-0.2, -0.15) is 5.10 Å². The molecule has 4 aromatic rings. The molecular formula is C26H29N5O2. The Morgan fingerprint density at radius 1 is 1.03 bits per heavy atom. The van der Waals surface area contributed by atoms with Crippen LogP contribution in [0.25, 0.3) is 16.6 Å². The second-order valence-electron chi connectivity index (χ2n) is 9.00. The van der Waals surface area contributed by atoms with E-state index in [1.54, 1.807) is 21.3 Å². The fourth-order valence-corrected chi connectivity index (χ4v) is 4.73. The molecule has 2 aromatic carbocycles. The lowest BCUT2D eigenvalue weighted by molar-refractivity contribution is 0.0949. The van der Waals surface area contributed by atoms with Crippen molar-refractivity contribution in [3.8, 4) is 0 Å². The molecule has 0 radical (unpaired) electrons. The number of carbonyl (C=O) groups excluding carboxylic acids is 1. The van der Waals surface area contributed by atoms with Crippen LogP contribution in [-0.4, -0.2) is 51.7 Å². The first-order chi connectivity index (χ1) is 16.1. The summed E-state index contributed by atoms with van der Waals surface area (Å²) in [5, 5.41) is 7.41. The number of rotatable bonds is 6. The summed E-state index contributed by atoms with van der Waals surface area (Å²) in [6.45, 7) is 3.35. The Morgan fingerprint density at radius 3 is 2.61 bits per heavy atom. The average molecular weight is 444 g/mol. The molecule has 0 bridgehead atoms. The standard InChI is InChI=1S/C26H29N5O2/c1-29-15-11-19(12-16-29)9-13-27-25(32)21-7-8-22-24(17-21)30(18-20-5-3-2-4-6-20)26(33)23-10-14-28-31(22)23/h2-8,10,14,17,19H,9,11-13,15-16,18H2,1H3,(H,27,32). The van der Waals surface area contributed by atoms with Gasteiger partial charge in [-0.1, -0.05) is 30.3 Å². The zero-order valence-electron chi connectivity index (χ0n) is 18.9. The molecule has 1 aliphatic heterocycles. The second kappa shape index (κ2) is 9.19. The SMILES string of the molecule is CN1CCC(CCNC(=O)c2ccc3c(c2)n(Cc2ccccc2)c(=O)c2ccnn23)CC1. The number of nitrogens with one attached hydrogen (secondary N) is 1. The van der Waals surface area contributed by atoms with Crippen molar-refractivity contribution >= 4 is 22.5 Å². The molecule has 0 unspecified atom stereocenters. The van der Waals surface area contributed by atoms with Gasteiger partial charge < -0.3 is 14.8 Å². The van der Waals surface area contributed by atoms with E-state index in [4.69, 9.17) is 0 Å². The molecule has 0 saturated carbocycles. The first-order valence-corrected chi connectivity index (χ1v) is 11.6.